The summed E-state index contributed by atoms with van der Waals surface area (Å²) in [5.41, 5.74) is 1.80. The largest absolute Gasteiger partial charge is 0.360 e. The monoisotopic (exact) mass is 344 g/mol. The van der Waals surface area contributed by atoms with Crippen molar-refractivity contribution in [2.45, 2.75) is 27.7 Å². The summed E-state index contributed by atoms with van der Waals surface area (Å²) in [6.07, 6.45) is 0. The number of aromatic nitrogens is 1. The Hall–Kier alpha value is -2.83. The van der Waals surface area contributed by atoms with Gasteiger partial charge in [0.25, 0.3) is 0 Å². The van der Waals surface area contributed by atoms with Gasteiger partial charge in [0.2, 0.25) is 5.91 Å². The molecular weight excluding hydrogens is 320 g/mol. The molecule has 7 heteroatoms. The maximum Gasteiger partial charge on any atom is 0.322 e. The van der Waals surface area contributed by atoms with Crippen molar-refractivity contribution in [3.8, 4) is 0 Å². The van der Waals surface area contributed by atoms with Crippen LogP contribution in [0.1, 0.15) is 25.2 Å². The van der Waals surface area contributed by atoms with Gasteiger partial charge in [0.15, 0.2) is 5.82 Å². The van der Waals surface area contributed by atoms with Crippen LogP contribution < -0.4 is 10.6 Å². The van der Waals surface area contributed by atoms with E-state index < -0.39 is 0 Å². The summed E-state index contributed by atoms with van der Waals surface area (Å²) < 4.78 is 4.91. The molecule has 0 atom stereocenters. The number of nitrogens with zero attached hydrogens (tertiary/aromatic N) is 2. The first kappa shape index (κ1) is 18.5. The van der Waals surface area contributed by atoms with Gasteiger partial charge in [-0.1, -0.05) is 36.7 Å². The standard InChI is InChI=1S/C18H24N4O3/c1-12(2)10-22(11-17(23)20-16-9-14(4)25-21-16)18(24)19-15-7-5-13(3)6-8-15/h5-9,12H,10-11H2,1-4H3,(H,19,24)(H,20,21,23). The second-order valence-corrected chi connectivity index (χ2v) is 6.44. The van der Waals surface area contributed by atoms with Crippen molar-refractivity contribution < 1.29 is 14.1 Å². The number of aryl methyl sites for hydroxylation is 2. The van der Waals surface area contributed by atoms with Crippen molar-refractivity contribution in [3.05, 3.63) is 41.7 Å². The predicted molar refractivity (Wildman–Crippen MR) is 96.5 cm³/mol. The van der Waals surface area contributed by atoms with Crippen molar-refractivity contribution >= 4 is 23.4 Å². The van der Waals surface area contributed by atoms with Crippen LogP contribution in [0.4, 0.5) is 16.3 Å². The summed E-state index contributed by atoms with van der Waals surface area (Å²) in [7, 11) is 0. The van der Waals surface area contributed by atoms with E-state index in [-0.39, 0.29) is 24.4 Å². The third-order valence-electron chi connectivity index (χ3n) is 3.41. The van der Waals surface area contributed by atoms with Crippen LogP contribution in [0, 0.1) is 19.8 Å². The quantitative estimate of drug-likeness (QED) is 0.840. The first-order valence-corrected chi connectivity index (χ1v) is 8.19. The first-order chi connectivity index (χ1) is 11.8. The maximum atomic E-state index is 12.5. The molecule has 1 heterocycles. The normalized spacial score (nSPS) is 10.6. The van der Waals surface area contributed by atoms with Crippen LogP contribution in [0.5, 0.6) is 0 Å². The lowest BCUT2D eigenvalue weighted by atomic mass is 10.2. The average Bonchev–Trinajstić information content (AvgIpc) is 2.93. The highest BCUT2D eigenvalue weighted by Crippen LogP contribution is 2.11. The summed E-state index contributed by atoms with van der Waals surface area (Å²) in [6.45, 7) is 8.09. The Bertz CT molecular complexity index is 722. The fourth-order valence-electron chi connectivity index (χ4n) is 2.28. The van der Waals surface area contributed by atoms with E-state index in [4.69, 9.17) is 4.52 Å². The molecule has 0 fully saturated rings. The zero-order chi connectivity index (χ0) is 18.4. The molecule has 2 rings (SSSR count). The Labute approximate surface area is 147 Å². The molecule has 2 N–H and O–H groups in total. The van der Waals surface area contributed by atoms with Gasteiger partial charge in [0.05, 0.1) is 0 Å². The molecule has 0 aliphatic heterocycles. The zero-order valence-corrected chi connectivity index (χ0v) is 15.0. The maximum absolute atomic E-state index is 12.5. The average molecular weight is 344 g/mol. The van der Waals surface area contributed by atoms with Gasteiger partial charge in [-0.05, 0) is 31.9 Å². The van der Waals surface area contributed by atoms with Crippen LogP contribution in [0.25, 0.3) is 0 Å². The molecule has 0 radical (unpaired) electrons. The zero-order valence-electron chi connectivity index (χ0n) is 15.0. The second kappa shape index (κ2) is 8.32. The molecule has 0 unspecified atom stereocenters. The molecule has 3 amide bonds. The SMILES string of the molecule is Cc1ccc(NC(=O)N(CC(=O)Nc2cc(C)on2)CC(C)C)cc1. The molecule has 25 heavy (non-hydrogen) atoms. The molecule has 134 valence electrons. The molecule has 0 bridgehead atoms. The molecule has 7 nitrogen and oxygen atoms in total. The van der Waals surface area contributed by atoms with Gasteiger partial charge in [-0.2, -0.15) is 0 Å². The highest BCUT2D eigenvalue weighted by Gasteiger charge is 2.19. The van der Waals surface area contributed by atoms with Crippen LogP contribution in [-0.4, -0.2) is 35.1 Å². The predicted octanol–water partition coefficient (Wildman–Crippen LogP) is 3.42. The Morgan fingerprint density at radius 3 is 2.40 bits per heavy atom. The Morgan fingerprint density at radius 2 is 1.84 bits per heavy atom. The van der Waals surface area contributed by atoms with Crippen molar-refractivity contribution in [3.63, 3.8) is 0 Å². The van der Waals surface area contributed by atoms with Gasteiger partial charge >= 0.3 is 6.03 Å². The summed E-state index contributed by atoms with van der Waals surface area (Å²) in [6, 6.07) is 8.81. The number of urea groups is 1. The Kier molecular flexibility index (Phi) is 6.16. The van der Waals surface area contributed by atoms with E-state index >= 15 is 0 Å². The van der Waals surface area contributed by atoms with E-state index in [2.05, 4.69) is 15.8 Å². The molecule has 2 aromatic rings. The molecule has 0 aliphatic carbocycles. The topological polar surface area (TPSA) is 87.5 Å². The lowest BCUT2D eigenvalue weighted by molar-refractivity contribution is -0.116. The first-order valence-electron chi connectivity index (χ1n) is 8.19. The number of carbonyl (C=O) groups is 2. The van der Waals surface area contributed by atoms with Gasteiger partial charge in [0, 0.05) is 18.3 Å². The van der Waals surface area contributed by atoms with Crippen LogP contribution in [0.2, 0.25) is 0 Å². The minimum absolute atomic E-state index is 0.0677. The van der Waals surface area contributed by atoms with Crippen molar-refractivity contribution in [2.24, 2.45) is 5.92 Å². The van der Waals surface area contributed by atoms with Gasteiger partial charge in [-0.3, -0.25) is 4.79 Å². The Morgan fingerprint density at radius 1 is 1.16 bits per heavy atom. The molecule has 1 aromatic carbocycles. The molecule has 0 aliphatic rings. The lowest BCUT2D eigenvalue weighted by Gasteiger charge is -2.24. The van der Waals surface area contributed by atoms with Crippen LogP contribution in [-0.2, 0) is 4.79 Å². The summed E-state index contributed by atoms with van der Waals surface area (Å²) >= 11 is 0. The number of hydrogen-bond donors (Lipinski definition) is 2. The highest BCUT2D eigenvalue weighted by atomic mass is 16.5. The highest BCUT2D eigenvalue weighted by molar-refractivity contribution is 5.96. The number of carbonyl (C=O) groups excluding carboxylic acids is 2. The minimum Gasteiger partial charge on any atom is -0.360 e. The molecule has 0 spiro atoms. The van der Waals surface area contributed by atoms with Crippen molar-refractivity contribution in [1.82, 2.24) is 10.1 Å². The summed E-state index contributed by atoms with van der Waals surface area (Å²) in [5, 5.41) is 9.17. The molecule has 0 saturated heterocycles. The van der Waals surface area contributed by atoms with E-state index in [0.717, 1.165) is 5.56 Å². The second-order valence-electron chi connectivity index (χ2n) is 6.44. The van der Waals surface area contributed by atoms with Crippen molar-refractivity contribution in [2.75, 3.05) is 23.7 Å². The van der Waals surface area contributed by atoms with E-state index in [1.54, 1.807) is 13.0 Å². The van der Waals surface area contributed by atoms with Gasteiger partial charge in [0.1, 0.15) is 12.3 Å². The van der Waals surface area contributed by atoms with E-state index in [9.17, 15) is 9.59 Å². The fraction of sp³-hybridized carbons (Fsp3) is 0.389. The number of rotatable bonds is 6. The lowest BCUT2D eigenvalue weighted by Crippen LogP contribution is -2.42. The van der Waals surface area contributed by atoms with Crippen molar-refractivity contribution in [1.29, 1.82) is 0 Å². The molecule has 0 saturated carbocycles. The summed E-state index contributed by atoms with van der Waals surface area (Å²) in [5.74, 6) is 0.844. The number of amides is 3. The Balaban J connectivity index is 2.00. The number of nitrogens with one attached hydrogen (secondary N) is 2. The molecular formula is C18H24N4O3. The van der Waals surface area contributed by atoms with Gasteiger partial charge < -0.3 is 20.1 Å². The smallest absolute Gasteiger partial charge is 0.322 e. The third-order valence-corrected chi connectivity index (χ3v) is 3.41. The van der Waals surface area contributed by atoms with E-state index in [1.165, 1.54) is 4.90 Å². The van der Waals surface area contributed by atoms with Gasteiger partial charge in [-0.25, -0.2) is 4.79 Å². The number of hydrogen-bond acceptors (Lipinski definition) is 4. The third kappa shape index (κ3) is 5.95. The van der Waals surface area contributed by atoms with Gasteiger partial charge in [-0.15, -0.1) is 0 Å². The number of benzene rings is 1. The van der Waals surface area contributed by atoms with E-state index in [0.29, 0.717) is 23.8 Å². The number of anilines is 2. The fourth-order valence-corrected chi connectivity index (χ4v) is 2.28. The minimum atomic E-state index is -0.326. The van der Waals surface area contributed by atoms with Crippen LogP contribution in [0.3, 0.4) is 0 Å². The van der Waals surface area contributed by atoms with E-state index in [1.807, 2.05) is 45.0 Å². The molecule has 1 aromatic heterocycles. The van der Waals surface area contributed by atoms with Crippen LogP contribution >= 0.6 is 0 Å². The summed E-state index contributed by atoms with van der Waals surface area (Å²) in [4.78, 5) is 26.2. The van der Waals surface area contributed by atoms with Crippen LogP contribution in [0.15, 0.2) is 34.9 Å².